The molecule has 1 aliphatic heterocycles. The van der Waals surface area contributed by atoms with Crippen LogP contribution in [0, 0.1) is 0 Å². The van der Waals surface area contributed by atoms with Crippen LogP contribution in [0.4, 0.5) is 0 Å². The number of aliphatic hydroxyl groups excluding tert-OH is 1. The highest BCUT2D eigenvalue weighted by atomic mass is 32.2. The molecule has 1 aromatic carbocycles. The van der Waals surface area contributed by atoms with Gasteiger partial charge in [0.25, 0.3) is 0 Å². The molecule has 1 aliphatic rings. The van der Waals surface area contributed by atoms with E-state index < -0.39 is 6.10 Å². The Labute approximate surface area is 112 Å². The van der Waals surface area contributed by atoms with Crippen LogP contribution >= 0.6 is 24.0 Å². The second kappa shape index (κ2) is 6.38. The van der Waals surface area contributed by atoms with Crippen LogP contribution in [0.3, 0.4) is 0 Å². The molecule has 1 atom stereocenters. The summed E-state index contributed by atoms with van der Waals surface area (Å²) in [6.45, 7) is 2.15. The molecule has 1 N–H and O–H groups in total. The number of thioether (sulfide) groups is 1. The van der Waals surface area contributed by atoms with Gasteiger partial charge >= 0.3 is 0 Å². The molecule has 0 radical (unpaired) electrons. The molecule has 0 bridgehead atoms. The second-order valence-electron chi connectivity index (χ2n) is 4.20. The Morgan fingerprint density at radius 1 is 1.29 bits per heavy atom. The molecule has 2 rings (SSSR count). The van der Waals surface area contributed by atoms with E-state index in [0.717, 1.165) is 23.0 Å². The fourth-order valence-corrected chi connectivity index (χ4v) is 3.16. The van der Waals surface area contributed by atoms with Gasteiger partial charge in [-0.15, -0.1) is 0 Å². The lowest BCUT2D eigenvalue weighted by atomic mass is 10.1. The fourth-order valence-electron chi connectivity index (χ4n) is 1.91. The van der Waals surface area contributed by atoms with E-state index in [1.54, 1.807) is 11.8 Å². The summed E-state index contributed by atoms with van der Waals surface area (Å²) < 4.78 is 0.928. The van der Waals surface area contributed by atoms with Crippen molar-refractivity contribution in [1.29, 1.82) is 0 Å². The first-order chi connectivity index (χ1) is 8.27. The highest BCUT2D eigenvalue weighted by Gasteiger charge is 2.16. The van der Waals surface area contributed by atoms with Crippen LogP contribution in [0.5, 0.6) is 0 Å². The van der Waals surface area contributed by atoms with E-state index in [9.17, 15) is 5.11 Å². The first-order valence-electron chi connectivity index (χ1n) is 5.92. The van der Waals surface area contributed by atoms with Gasteiger partial charge in [0.2, 0.25) is 0 Å². The van der Waals surface area contributed by atoms with Crippen molar-refractivity contribution in [2.24, 2.45) is 0 Å². The van der Waals surface area contributed by atoms with E-state index in [-0.39, 0.29) is 0 Å². The minimum atomic E-state index is -0.429. The van der Waals surface area contributed by atoms with Crippen molar-refractivity contribution in [3.05, 3.63) is 35.9 Å². The number of aliphatic hydroxyl groups is 1. The van der Waals surface area contributed by atoms with Crippen molar-refractivity contribution in [3.63, 3.8) is 0 Å². The van der Waals surface area contributed by atoms with Gasteiger partial charge in [-0.05, 0) is 18.4 Å². The molecule has 1 aromatic rings. The van der Waals surface area contributed by atoms with Gasteiger partial charge in [-0.1, -0.05) is 54.3 Å². The lowest BCUT2D eigenvalue weighted by Crippen LogP contribution is -2.24. The molecule has 2 nitrogen and oxygen atoms in total. The zero-order valence-electron chi connectivity index (χ0n) is 9.71. The Morgan fingerprint density at radius 2 is 1.94 bits per heavy atom. The summed E-state index contributed by atoms with van der Waals surface area (Å²) in [5.74, 6) is 0.638. The Bertz CT molecular complexity index is 363. The number of thiocarbonyl (C=S) groups is 1. The molecule has 0 amide bonds. The summed E-state index contributed by atoms with van der Waals surface area (Å²) in [4.78, 5) is 2.23. The lowest BCUT2D eigenvalue weighted by molar-refractivity contribution is 0.204. The number of likely N-dealkylation sites (tertiary alicyclic amines) is 1. The molecule has 0 spiro atoms. The van der Waals surface area contributed by atoms with Crippen LogP contribution in [0.15, 0.2) is 30.3 Å². The van der Waals surface area contributed by atoms with E-state index in [1.165, 1.54) is 12.8 Å². The number of hydrogen-bond donors (Lipinski definition) is 1. The summed E-state index contributed by atoms with van der Waals surface area (Å²) >= 11 is 6.94. The summed E-state index contributed by atoms with van der Waals surface area (Å²) in [7, 11) is 0. The van der Waals surface area contributed by atoms with E-state index in [4.69, 9.17) is 12.2 Å². The first-order valence-corrected chi connectivity index (χ1v) is 7.31. The van der Waals surface area contributed by atoms with Gasteiger partial charge in [0.1, 0.15) is 4.32 Å². The summed E-state index contributed by atoms with van der Waals surface area (Å²) in [6, 6.07) is 9.75. The van der Waals surface area contributed by atoms with E-state index in [1.807, 2.05) is 30.3 Å². The predicted molar refractivity (Wildman–Crippen MR) is 77.3 cm³/mol. The van der Waals surface area contributed by atoms with Gasteiger partial charge in [-0.25, -0.2) is 0 Å². The van der Waals surface area contributed by atoms with E-state index in [0.29, 0.717) is 5.75 Å². The molecule has 17 heavy (non-hydrogen) atoms. The first kappa shape index (κ1) is 12.9. The Morgan fingerprint density at radius 3 is 2.59 bits per heavy atom. The van der Waals surface area contributed by atoms with Crippen molar-refractivity contribution >= 4 is 28.3 Å². The van der Waals surface area contributed by atoms with Crippen molar-refractivity contribution in [1.82, 2.24) is 4.90 Å². The summed E-state index contributed by atoms with van der Waals surface area (Å²) in [6.07, 6.45) is 2.05. The molecule has 1 saturated heterocycles. The highest BCUT2D eigenvalue weighted by Crippen LogP contribution is 2.22. The maximum absolute atomic E-state index is 10.0. The van der Waals surface area contributed by atoms with Crippen LogP contribution in [-0.2, 0) is 0 Å². The van der Waals surface area contributed by atoms with Gasteiger partial charge in [0.05, 0.1) is 6.10 Å². The monoisotopic (exact) mass is 267 g/mol. The third-order valence-electron chi connectivity index (χ3n) is 2.91. The van der Waals surface area contributed by atoms with Crippen LogP contribution in [0.25, 0.3) is 0 Å². The molecule has 1 unspecified atom stereocenters. The Hall–Kier alpha value is -0.580. The van der Waals surface area contributed by atoms with Crippen molar-refractivity contribution in [3.8, 4) is 0 Å². The van der Waals surface area contributed by atoms with Crippen LogP contribution in [-0.4, -0.2) is 33.2 Å². The topological polar surface area (TPSA) is 23.5 Å². The van der Waals surface area contributed by atoms with Crippen LogP contribution in [0.2, 0.25) is 0 Å². The highest BCUT2D eigenvalue weighted by molar-refractivity contribution is 8.22. The average molecular weight is 267 g/mol. The Kier molecular flexibility index (Phi) is 4.83. The predicted octanol–water partition coefficient (Wildman–Crippen LogP) is 2.83. The number of nitrogens with zero attached hydrogens (tertiary/aromatic N) is 1. The van der Waals surface area contributed by atoms with Crippen molar-refractivity contribution < 1.29 is 5.11 Å². The minimum Gasteiger partial charge on any atom is -0.388 e. The minimum absolute atomic E-state index is 0.429. The number of rotatable bonds is 3. The molecule has 1 heterocycles. The van der Waals surface area contributed by atoms with Crippen molar-refractivity contribution in [2.75, 3.05) is 18.8 Å². The third kappa shape index (κ3) is 3.69. The number of hydrogen-bond acceptors (Lipinski definition) is 3. The molecule has 92 valence electrons. The molecule has 0 aliphatic carbocycles. The van der Waals surface area contributed by atoms with E-state index in [2.05, 4.69) is 4.90 Å². The third-order valence-corrected chi connectivity index (χ3v) is 4.51. The quantitative estimate of drug-likeness (QED) is 0.851. The smallest absolute Gasteiger partial charge is 0.136 e. The zero-order valence-corrected chi connectivity index (χ0v) is 11.3. The maximum Gasteiger partial charge on any atom is 0.136 e. The molecule has 0 saturated carbocycles. The summed E-state index contributed by atoms with van der Waals surface area (Å²) in [5.41, 5.74) is 0.962. The fraction of sp³-hybridized carbons (Fsp3) is 0.462. The maximum atomic E-state index is 10.0. The van der Waals surface area contributed by atoms with Gasteiger partial charge < -0.3 is 10.0 Å². The standard InChI is InChI=1S/C13H17NOS2/c15-12(11-6-2-1-3-7-11)10-17-13(16)14-8-4-5-9-14/h1-3,6-7,12,15H,4-5,8-10H2. The van der Waals surface area contributed by atoms with Gasteiger partial charge in [-0.3, -0.25) is 0 Å². The van der Waals surface area contributed by atoms with Crippen LogP contribution in [0.1, 0.15) is 24.5 Å². The average Bonchev–Trinajstić information content (AvgIpc) is 2.90. The lowest BCUT2D eigenvalue weighted by Gasteiger charge is -2.19. The zero-order chi connectivity index (χ0) is 12.1. The van der Waals surface area contributed by atoms with Crippen molar-refractivity contribution in [2.45, 2.75) is 18.9 Å². The molecule has 0 aromatic heterocycles. The Balaban J connectivity index is 1.80. The molecular formula is C13H17NOS2. The second-order valence-corrected chi connectivity index (χ2v) is 5.85. The SMILES string of the molecule is OC(CSC(=S)N1CCCC1)c1ccccc1. The normalized spacial score (nSPS) is 17.1. The van der Waals surface area contributed by atoms with Gasteiger partial charge in [0, 0.05) is 18.8 Å². The molecular weight excluding hydrogens is 250 g/mol. The van der Waals surface area contributed by atoms with Gasteiger partial charge in [-0.2, -0.15) is 0 Å². The molecule has 4 heteroatoms. The van der Waals surface area contributed by atoms with Crippen LogP contribution < -0.4 is 0 Å². The molecule has 1 fully saturated rings. The summed E-state index contributed by atoms with van der Waals surface area (Å²) in [5, 5.41) is 10.0. The van der Waals surface area contributed by atoms with E-state index >= 15 is 0 Å². The largest absolute Gasteiger partial charge is 0.388 e. The van der Waals surface area contributed by atoms with Gasteiger partial charge in [0.15, 0.2) is 0 Å². The number of benzene rings is 1.